The molecule has 2 rings (SSSR count). The highest BCUT2D eigenvalue weighted by Gasteiger charge is 2.27. The summed E-state index contributed by atoms with van der Waals surface area (Å²) in [6.45, 7) is 6.96. The Balaban J connectivity index is 2.32. The zero-order valence-corrected chi connectivity index (χ0v) is 11.4. The predicted octanol–water partition coefficient (Wildman–Crippen LogP) is 3.50. The fraction of sp³-hybridized carbons (Fsp3) is 0.600. The number of benzene rings is 1. The molecule has 1 aromatic rings. The maximum absolute atomic E-state index is 13.3. The van der Waals surface area contributed by atoms with Gasteiger partial charge in [0.25, 0.3) is 0 Å². The predicted molar refractivity (Wildman–Crippen MR) is 72.2 cm³/mol. The van der Waals surface area contributed by atoms with Gasteiger partial charge < -0.3 is 10.0 Å². The van der Waals surface area contributed by atoms with Crippen molar-refractivity contribution in [1.29, 1.82) is 0 Å². The molecule has 1 aliphatic carbocycles. The SMILES string of the molecule is CC(C)N(CC1CC1)c1ccc(F)cc1[C@@H](C)O. The summed E-state index contributed by atoms with van der Waals surface area (Å²) in [5.74, 6) is 0.476. The molecular formula is C15H22FNO. The number of nitrogens with zero attached hydrogens (tertiary/aromatic N) is 1. The summed E-state index contributed by atoms with van der Waals surface area (Å²) in [4.78, 5) is 2.28. The Kier molecular flexibility index (Phi) is 3.91. The maximum atomic E-state index is 13.3. The van der Waals surface area contributed by atoms with Gasteiger partial charge in [-0.25, -0.2) is 4.39 Å². The lowest BCUT2D eigenvalue weighted by molar-refractivity contribution is 0.199. The number of rotatable bonds is 5. The van der Waals surface area contributed by atoms with Gasteiger partial charge in [-0.2, -0.15) is 0 Å². The van der Waals surface area contributed by atoms with Gasteiger partial charge in [0, 0.05) is 23.8 Å². The molecule has 1 saturated carbocycles. The number of hydrogen-bond donors (Lipinski definition) is 1. The van der Waals surface area contributed by atoms with Crippen LogP contribution in [0.3, 0.4) is 0 Å². The van der Waals surface area contributed by atoms with E-state index in [0.29, 0.717) is 11.6 Å². The monoisotopic (exact) mass is 251 g/mol. The molecule has 18 heavy (non-hydrogen) atoms. The van der Waals surface area contributed by atoms with Gasteiger partial charge in [0.2, 0.25) is 0 Å². The molecule has 0 aliphatic heterocycles. The molecule has 0 saturated heterocycles. The van der Waals surface area contributed by atoms with E-state index in [4.69, 9.17) is 0 Å². The van der Waals surface area contributed by atoms with Crippen LogP contribution in [0, 0.1) is 11.7 Å². The Morgan fingerprint density at radius 2 is 2.00 bits per heavy atom. The number of aliphatic hydroxyl groups excluding tert-OH is 1. The highest BCUT2D eigenvalue weighted by molar-refractivity contribution is 5.55. The number of halogens is 1. The van der Waals surface area contributed by atoms with Crippen molar-refractivity contribution in [2.75, 3.05) is 11.4 Å². The maximum Gasteiger partial charge on any atom is 0.123 e. The molecule has 1 aromatic carbocycles. The average molecular weight is 251 g/mol. The molecule has 0 unspecified atom stereocenters. The summed E-state index contributed by atoms with van der Waals surface area (Å²) in [7, 11) is 0. The first-order chi connectivity index (χ1) is 8.49. The van der Waals surface area contributed by atoms with Crippen molar-refractivity contribution in [3.05, 3.63) is 29.6 Å². The summed E-state index contributed by atoms with van der Waals surface area (Å²) in [6.07, 6.45) is 1.93. The largest absolute Gasteiger partial charge is 0.389 e. The Morgan fingerprint density at radius 1 is 1.33 bits per heavy atom. The Hall–Kier alpha value is -1.09. The molecule has 0 radical (unpaired) electrons. The van der Waals surface area contributed by atoms with Gasteiger partial charge in [0.05, 0.1) is 6.10 Å². The van der Waals surface area contributed by atoms with Crippen LogP contribution in [-0.2, 0) is 0 Å². The zero-order chi connectivity index (χ0) is 13.3. The Bertz CT molecular complexity index is 413. The van der Waals surface area contributed by atoms with Crippen LogP contribution in [-0.4, -0.2) is 17.7 Å². The van der Waals surface area contributed by atoms with Crippen molar-refractivity contribution in [1.82, 2.24) is 0 Å². The van der Waals surface area contributed by atoms with Crippen LogP contribution in [0.4, 0.5) is 10.1 Å². The zero-order valence-electron chi connectivity index (χ0n) is 11.4. The molecule has 0 aromatic heterocycles. The van der Waals surface area contributed by atoms with Gasteiger partial charge in [-0.15, -0.1) is 0 Å². The van der Waals surface area contributed by atoms with Crippen LogP contribution in [0.2, 0.25) is 0 Å². The van der Waals surface area contributed by atoms with Gasteiger partial charge >= 0.3 is 0 Å². The average Bonchev–Trinajstić information content (AvgIpc) is 3.09. The second-order valence-corrected chi connectivity index (χ2v) is 5.57. The fourth-order valence-electron chi connectivity index (χ4n) is 2.29. The van der Waals surface area contributed by atoms with E-state index in [1.807, 2.05) is 0 Å². The third-order valence-corrected chi connectivity index (χ3v) is 3.52. The highest BCUT2D eigenvalue weighted by Crippen LogP contribution is 2.35. The first kappa shape index (κ1) is 13.3. The number of anilines is 1. The van der Waals surface area contributed by atoms with E-state index in [2.05, 4.69) is 18.7 Å². The van der Waals surface area contributed by atoms with Crippen LogP contribution >= 0.6 is 0 Å². The summed E-state index contributed by atoms with van der Waals surface area (Å²) < 4.78 is 13.3. The van der Waals surface area contributed by atoms with Crippen molar-refractivity contribution >= 4 is 5.69 Å². The van der Waals surface area contributed by atoms with E-state index in [0.717, 1.165) is 18.2 Å². The molecule has 0 spiro atoms. The van der Waals surface area contributed by atoms with E-state index < -0.39 is 6.10 Å². The molecule has 1 fully saturated rings. The van der Waals surface area contributed by atoms with Crippen molar-refractivity contribution in [2.24, 2.45) is 5.92 Å². The number of aliphatic hydroxyl groups is 1. The summed E-state index contributed by atoms with van der Waals surface area (Å²) in [6, 6.07) is 5.07. The second kappa shape index (κ2) is 5.27. The minimum Gasteiger partial charge on any atom is -0.389 e. The molecule has 0 heterocycles. The van der Waals surface area contributed by atoms with Crippen molar-refractivity contribution < 1.29 is 9.50 Å². The lowest BCUT2D eigenvalue weighted by atomic mass is 10.1. The molecule has 0 bridgehead atoms. The summed E-state index contributed by atoms with van der Waals surface area (Å²) in [5.41, 5.74) is 1.65. The van der Waals surface area contributed by atoms with Gasteiger partial charge in [-0.05, 0) is 57.7 Å². The topological polar surface area (TPSA) is 23.5 Å². The third-order valence-electron chi connectivity index (χ3n) is 3.52. The van der Waals surface area contributed by atoms with Crippen LogP contribution in [0.1, 0.15) is 45.3 Å². The smallest absolute Gasteiger partial charge is 0.123 e. The van der Waals surface area contributed by atoms with E-state index in [-0.39, 0.29) is 5.82 Å². The third kappa shape index (κ3) is 3.02. The van der Waals surface area contributed by atoms with Crippen LogP contribution in [0.5, 0.6) is 0 Å². The molecular weight excluding hydrogens is 229 g/mol. The van der Waals surface area contributed by atoms with Crippen molar-refractivity contribution in [3.8, 4) is 0 Å². The van der Waals surface area contributed by atoms with Crippen LogP contribution in [0.15, 0.2) is 18.2 Å². The Morgan fingerprint density at radius 3 is 2.50 bits per heavy atom. The van der Waals surface area contributed by atoms with Crippen LogP contribution < -0.4 is 4.90 Å². The molecule has 100 valence electrons. The van der Waals surface area contributed by atoms with Crippen molar-refractivity contribution in [2.45, 2.75) is 45.8 Å². The quantitative estimate of drug-likeness (QED) is 0.865. The van der Waals surface area contributed by atoms with E-state index in [1.165, 1.54) is 25.0 Å². The first-order valence-electron chi connectivity index (χ1n) is 6.73. The van der Waals surface area contributed by atoms with Gasteiger partial charge in [-0.1, -0.05) is 0 Å². The molecule has 3 heteroatoms. The second-order valence-electron chi connectivity index (χ2n) is 5.57. The molecule has 1 atom stereocenters. The molecule has 1 aliphatic rings. The lowest BCUT2D eigenvalue weighted by Gasteiger charge is -2.31. The molecule has 2 nitrogen and oxygen atoms in total. The van der Waals surface area contributed by atoms with Gasteiger partial charge in [0.1, 0.15) is 5.82 Å². The minimum atomic E-state index is -0.642. The summed E-state index contributed by atoms with van der Waals surface area (Å²) >= 11 is 0. The fourth-order valence-corrected chi connectivity index (χ4v) is 2.29. The highest BCUT2D eigenvalue weighted by atomic mass is 19.1. The van der Waals surface area contributed by atoms with Crippen LogP contribution in [0.25, 0.3) is 0 Å². The van der Waals surface area contributed by atoms with Gasteiger partial charge in [-0.3, -0.25) is 0 Å². The Labute approximate surface area is 108 Å². The standard InChI is InChI=1S/C15H22FNO/c1-10(2)17(9-12-4-5-12)15-7-6-13(16)8-14(15)11(3)18/h6-8,10-12,18H,4-5,9H2,1-3H3/t11-/m1/s1. The van der Waals surface area contributed by atoms with E-state index >= 15 is 0 Å². The minimum absolute atomic E-state index is 0.287. The lowest BCUT2D eigenvalue weighted by Crippen LogP contribution is -2.33. The van der Waals surface area contributed by atoms with Crippen molar-refractivity contribution in [3.63, 3.8) is 0 Å². The summed E-state index contributed by atoms with van der Waals surface area (Å²) in [5, 5.41) is 9.82. The van der Waals surface area contributed by atoms with E-state index in [1.54, 1.807) is 13.0 Å². The molecule has 1 N–H and O–H groups in total. The number of hydrogen-bond acceptors (Lipinski definition) is 2. The first-order valence-corrected chi connectivity index (χ1v) is 6.73. The normalized spacial score (nSPS) is 17.0. The van der Waals surface area contributed by atoms with E-state index in [9.17, 15) is 9.50 Å². The molecule has 0 amide bonds. The van der Waals surface area contributed by atoms with Gasteiger partial charge in [0.15, 0.2) is 0 Å².